The van der Waals surface area contributed by atoms with Crippen LogP contribution >= 0.6 is 15.9 Å². The molecule has 2 aromatic rings. The Morgan fingerprint density at radius 2 is 1.82 bits per heavy atom. The van der Waals surface area contributed by atoms with Crippen molar-refractivity contribution in [2.45, 2.75) is 0 Å². The Morgan fingerprint density at radius 1 is 1.06 bits per heavy atom. The van der Waals surface area contributed by atoms with Crippen LogP contribution in [0.5, 0.6) is 0 Å². The summed E-state index contributed by atoms with van der Waals surface area (Å²) in [4.78, 5) is 26.2. The summed E-state index contributed by atoms with van der Waals surface area (Å²) >= 11 is 3.15. The lowest BCUT2D eigenvalue weighted by Crippen LogP contribution is -2.22. The fraction of sp³-hybridized carbons (Fsp3) is 0. The number of hydrogen-bond donors (Lipinski definition) is 2. The summed E-state index contributed by atoms with van der Waals surface area (Å²) in [6.07, 6.45) is 1.74. The average molecular weight is 291 g/mol. The molecule has 0 radical (unpaired) electrons. The number of H-pyrrole nitrogens is 1. The maximum atomic E-state index is 11.7. The largest absolute Gasteiger partial charge is 0.361 e. The number of carbonyl (C=O) groups is 2. The number of aromatic amines is 1. The average Bonchev–Trinajstić information content (AvgIpc) is 2.82. The molecule has 1 aromatic carbocycles. The van der Waals surface area contributed by atoms with Crippen LogP contribution in [0.25, 0.3) is 16.5 Å². The number of para-hydroxylation sites is 1. The summed E-state index contributed by atoms with van der Waals surface area (Å²) in [5.74, 6) is -0.762. The first-order chi connectivity index (χ1) is 8.18. The third kappa shape index (κ3) is 1.43. The van der Waals surface area contributed by atoms with Crippen LogP contribution < -0.4 is 5.32 Å². The van der Waals surface area contributed by atoms with Crippen molar-refractivity contribution in [3.05, 3.63) is 40.5 Å². The topological polar surface area (TPSA) is 62.0 Å². The van der Waals surface area contributed by atoms with Crippen molar-refractivity contribution in [2.24, 2.45) is 0 Å². The number of imide groups is 1. The number of rotatable bonds is 1. The predicted molar refractivity (Wildman–Crippen MR) is 67.3 cm³/mol. The Balaban J connectivity index is 2.29. The Labute approximate surface area is 105 Å². The van der Waals surface area contributed by atoms with Crippen molar-refractivity contribution in [1.29, 1.82) is 0 Å². The van der Waals surface area contributed by atoms with Crippen LogP contribution in [0.2, 0.25) is 0 Å². The van der Waals surface area contributed by atoms with Gasteiger partial charge in [0, 0.05) is 22.7 Å². The van der Waals surface area contributed by atoms with Gasteiger partial charge in [-0.1, -0.05) is 18.2 Å². The third-order valence-corrected chi connectivity index (χ3v) is 3.49. The number of nitrogens with one attached hydrogen (secondary N) is 2. The summed E-state index contributed by atoms with van der Waals surface area (Å²) < 4.78 is 0.284. The first-order valence-electron chi connectivity index (χ1n) is 5.00. The van der Waals surface area contributed by atoms with E-state index in [0.717, 1.165) is 16.5 Å². The van der Waals surface area contributed by atoms with Crippen molar-refractivity contribution < 1.29 is 9.59 Å². The molecule has 1 aliphatic rings. The van der Waals surface area contributed by atoms with E-state index < -0.39 is 5.91 Å². The second-order valence-corrected chi connectivity index (χ2v) is 4.51. The van der Waals surface area contributed by atoms with Gasteiger partial charge in [0.1, 0.15) is 0 Å². The fourth-order valence-corrected chi connectivity index (χ4v) is 2.45. The Morgan fingerprint density at radius 3 is 2.53 bits per heavy atom. The maximum absolute atomic E-state index is 11.7. The summed E-state index contributed by atoms with van der Waals surface area (Å²) in [5, 5.41) is 3.18. The van der Waals surface area contributed by atoms with Crippen LogP contribution in [-0.2, 0) is 9.59 Å². The number of benzene rings is 1. The zero-order valence-corrected chi connectivity index (χ0v) is 10.2. The van der Waals surface area contributed by atoms with Crippen LogP contribution in [0, 0.1) is 0 Å². The van der Waals surface area contributed by atoms with Gasteiger partial charge in [-0.25, -0.2) is 0 Å². The molecule has 0 bridgehead atoms. The first kappa shape index (κ1) is 10.3. The molecule has 17 heavy (non-hydrogen) atoms. The van der Waals surface area contributed by atoms with Crippen molar-refractivity contribution in [2.75, 3.05) is 0 Å². The normalized spacial score (nSPS) is 15.8. The van der Waals surface area contributed by atoms with Gasteiger partial charge in [0.15, 0.2) is 0 Å². The highest BCUT2D eigenvalue weighted by atomic mass is 79.9. The lowest BCUT2D eigenvalue weighted by Gasteiger charge is -1.97. The molecule has 1 aromatic heterocycles. The molecule has 0 saturated heterocycles. The van der Waals surface area contributed by atoms with Gasteiger partial charge < -0.3 is 4.98 Å². The van der Waals surface area contributed by atoms with Gasteiger partial charge in [0.25, 0.3) is 11.8 Å². The molecule has 84 valence electrons. The van der Waals surface area contributed by atoms with Gasteiger partial charge in [-0.15, -0.1) is 0 Å². The third-order valence-electron chi connectivity index (χ3n) is 2.73. The van der Waals surface area contributed by atoms with E-state index in [1.54, 1.807) is 6.20 Å². The van der Waals surface area contributed by atoms with Crippen LogP contribution in [0.3, 0.4) is 0 Å². The molecule has 0 spiro atoms. The number of carbonyl (C=O) groups excluding carboxylic acids is 2. The number of hydrogen-bond acceptors (Lipinski definition) is 2. The smallest absolute Gasteiger partial charge is 0.265 e. The minimum Gasteiger partial charge on any atom is -0.361 e. The van der Waals surface area contributed by atoms with Crippen LogP contribution in [0.4, 0.5) is 0 Å². The summed E-state index contributed by atoms with van der Waals surface area (Å²) in [6, 6.07) is 7.63. The van der Waals surface area contributed by atoms with Gasteiger partial charge in [0.05, 0.1) is 10.1 Å². The molecular formula is C12H7BrN2O2. The standard InChI is InChI=1S/C12H7BrN2O2/c13-10-9(11(16)15-12(10)17)7-5-14-8-4-2-1-3-6(7)8/h1-5,14H,(H,15,16,17). The van der Waals surface area contributed by atoms with E-state index in [4.69, 9.17) is 0 Å². The van der Waals surface area contributed by atoms with Crippen molar-refractivity contribution in [3.63, 3.8) is 0 Å². The predicted octanol–water partition coefficient (Wildman–Crippen LogP) is 1.93. The maximum Gasteiger partial charge on any atom is 0.265 e. The lowest BCUT2D eigenvalue weighted by atomic mass is 10.1. The second-order valence-electron chi connectivity index (χ2n) is 3.72. The highest BCUT2D eigenvalue weighted by Gasteiger charge is 2.30. The lowest BCUT2D eigenvalue weighted by molar-refractivity contribution is -0.123. The van der Waals surface area contributed by atoms with E-state index in [0.29, 0.717) is 5.57 Å². The quantitative estimate of drug-likeness (QED) is 0.789. The number of fused-ring (bicyclic) bond motifs is 1. The van der Waals surface area contributed by atoms with Gasteiger partial charge in [-0.3, -0.25) is 14.9 Å². The number of amides is 2. The van der Waals surface area contributed by atoms with Gasteiger partial charge in [-0.05, 0) is 22.0 Å². The molecular weight excluding hydrogens is 284 g/mol. The monoisotopic (exact) mass is 290 g/mol. The number of halogens is 1. The summed E-state index contributed by atoms with van der Waals surface area (Å²) in [5.41, 5.74) is 2.05. The SMILES string of the molecule is O=C1NC(=O)C(c2c[nH]c3ccccc23)=C1Br. The van der Waals surface area contributed by atoms with Crippen molar-refractivity contribution >= 4 is 44.2 Å². The molecule has 5 heteroatoms. The Kier molecular flexibility index (Phi) is 2.16. The highest BCUT2D eigenvalue weighted by molar-refractivity contribution is 9.12. The molecule has 2 heterocycles. The van der Waals surface area contributed by atoms with E-state index >= 15 is 0 Å². The molecule has 0 atom stereocenters. The zero-order valence-electron chi connectivity index (χ0n) is 8.58. The van der Waals surface area contributed by atoms with Crippen LogP contribution in [-0.4, -0.2) is 16.8 Å². The van der Waals surface area contributed by atoms with E-state index in [1.807, 2.05) is 24.3 Å². The van der Waals surface area contributed by atoms with Crippen molar-refractivity contribution in [1.82, 2.24) is 10.3 Å². The van der Waals surface area contributed by atoms with E-state index in [2.05, 4.69) is 26.2 Å². The second kappa shape index (κ2) is 3.56. The number of aromatic nitrogens is 1. The molecule has 3 rings (SSSR count). The van der Waals surface area contributed by atoms with Crippen LogP contribution in [0.15, 0.2) is 34.9 Å². The van der Waals surface area contributed by atoms with Gasteiger partial charge in [-0.2, -0.15) is 0 Å². The van der Waals surface area contributed by atoms with Gasteiger partial charge in [0.2, 0.25) is 0 Å². The zero-order chi connectivity index (χ0) is 12.0. The molecule has 0 unspecified atom stereocenters. The Bertz CT molecular complexity index is 685. The van der Waals surface area contributed by atoms with Crippen molar-refractivity contribution in [3.8, 4) is 0 Å². The first-order valence-corrected chi connectivity index (χ1v) is 5.79. The minimum atomic E-state index is -0.393. The Hall–Kier alpha value is -1.88. The van der Waals surface area contributed by atoms with Crippen LogP contribution in [0.1, 0.15) is 5.56 Å². The summed E-state index contributed by atoms with van der Waals surface area (Å²) in [6.45, 7) is 0. The highest BCUT2D eigenvalue weighted by Crippen LogP contribution is 2.32. The molecule has 0 fully saturated rings. The molecule has 1 aliphatic heterocycles. The van der Waals surface area contributed by atoms with E-state index in [9.17, 15) is 9.59 Å². The van der Waals surface area contributed by atoms with Gasteiger partial charge >= 0.3 is 0 Å². The molecule has 0 saturated carbocycles. The molecule has 2 amide bonds. The fourth-order valence-electron chi connectivity index (χ4n) is 1.95. The molecule has 0 aliphatic carbocycles. The molecule has 4 nitrogen and oxygen atoms in total. The van der Waals surface area contributed by atoms with E-state index in [1.165, 1.54) is 0 Å². The van der Waals surface area contributed by atoms with E-state index in [-0.39, 0.29) is 10.4 Å². The minimum absolute atomic E-state index is 0.284. The summed E-state index contributed by atoms with van der Waals surface area (Å²) in [7, 11) is 0. The molecule has 2 N–H and O–H groups in total.